The molecule has 2 rings (SSSR count). The molecule has 0 spiro atoms. The summed E-state index contributed by atoms with van der Waals surface area (Å²) in [6.07, 6.45) is 3.82. The number of nitrogens with one attached hydrogen (secondary N) is 1. The standard InChI is InChI=1S/C15H20BrN3/c1-11(2)19-10-17-8-13(19)9-18-12(3)14-6-4-5-7-15(14)16/h4-8,10-12,18H,9H2,1-3H3/t12-/m1/s1. The van der Waals surface area contributed by atoms with Gasteiger partial charge in [0.2, 0.25) is 0 Å². The summed E-state index contributed by atoms with van der Waals surface area (Å²) in [5.74, 6) is 0. The van der Waals surface area contributed by atoms with Gasteiger partial charge in [-0.25, -0.2) is 4.98 Å². The SMILES string of the molecule is CC(C)n1cncc1CN[C@H](C)c1ccccc1Br. The van der Waals surface area contributed by atoms with Gasteiger partial charge in [0.1, 0.15) is 0 Å². The van der Waals surface area contributed by atoms with E-state index in [9.17, 15) is 0 Å². The van der Waals surface area contributed by atoms with Crippen LogP contribution in [0.4, 0.5) is 0 Å². The Morgan fingerprint density at radius 2 is 2.00 bits per heavy atom. The van der Waals surface area contributed by atoms with Crippen molar-refractivity contribution >= 4 is 15.9 Å². The van der Waals surface area contributed by atoms with E-state index in [0.29, 0.717) is 12.1 Å². The second-order valence-corrected chi connectivity index (χ2v) is 5.86. The molecule has 3 nitrogen and oxygen atoms in total. The minimum absolute atomic E-state index is 0.297. The molecule has 0 amide bonds. The Kier molecular flexibility index (Phi) is 4.77. The van der Waals surface area contributed by atoms with Crippen molar-refractivity contribution in [3.8, 4) is 0 Å². The normalized spacial score (nSPS) is 12.9. The lowest BCUT2D eigenvalue weighted by molar-refractivity contribution is 0.517. The van der Waals surface area contributed by atoms with Crippen LogP contribution in [0, 0.1) is 0 Å². The predicted molar refractivity (Wildman–Crippen MR) is 82.0 cm³/mol. The summed E-state index contributed by atoms with van der Waals surface area (Å²) < 4.78 is 3.34. The molecule has 0 aliphatic rings. The molecule has 0 unspecified atom stereocenters. The van der Waals surface area contributed by atoms with Crippen LogP contribution in [-0.2, 0) is 6.54 Å². The van der Waals surface area contributed by atoms with Crippen LogP contribution in [0.3, 0.4) is 0 Å². The highest BCUT2D eigenvalue weighted by Gasteiger charge is 2.10. The summed E-state index contributed by atoms with van der Waals surface area (Å²) in [5, 5.41) is 3.55. The number of hydrogen-bond donors (Lipinski definition) is 1. The molecule has 1 aromatic heterocycles. The summed E-state index contributed by atoms with van der Waals surface area (Å²) in [7, 11) is 0. The molecule has 0 saturated carbocycles. The molecule has 0 aliphatic heterocycles. The van der Waals surface area contributed by atoms with Gasteiger partial charge in [-0.3, -0.25) is 0 Å². The van der Waals surface area contributed by atoms with E-state index in [4.69, 9.17) is 0 Å². The first kappa shape index (κ1) is 14.3. The number of imidazole rings is 1. The molecular formula is C15H20BrN3. The Morgan fingerprint density at radius 1 is 1.26 bits per heavy atom. The molecule has 4 heteroatoms. The molecular weight excluding hydrogens is 302 g/mol. The third-order valence-electron chi connectivity index (χ3n) is 3.26. The van der Waals surface area contributed by atoms with Crippen LogP contribution in [0.15, 0.2) is 41.3 Å². The number of rotatable bonds is 5. The fourth-order valence-electron chi connectivity index (χ4n) is 2.13. The van der Waals surface area contributed by atoms with E-state index in [-0.39, 0.29) is 0 Å². The molecule has 2 aromatic rings. The molecule has 0 saturated heterocycles. The zero-order chi connectivity index (χ0) is 13.8. The Bertz CT molecular complexity index is 534. The van der Waals surface area contributed by atoms with E-state index >= 15 is 0 Å². The van der Waals surface area contributed by atoms with Crippen LogP contribution >= 0.6 is 15.9 Å². The monoisotopic (exact) mass is 321 g/mol. The van der Waals surface area contributed by atoms with Crippen molar-refractivity contribution in [1.82, 2.24) is 14.9 Å². The van der Waals surface area contributed by atoms with Crippen molar-refractivity contribution in [3.05, 3.63) is 52.5 Å². The van der Waals surface area contributed by atoms with E-state index in [0.717, 1.165) is 11.0 Å². The number of halogens is 1. The van der Waals surface area contributed by atoms with Crippen LogP contribution in [-0.4, -0.2) is 9.55 Å². The van der Waals surface area contributed by atoms with Crippen LogP contribution in [0.25, 0.3) is 0 Å². The number of benzene rings is 1. The Balaban J connectivity index is 2.03. The zero-order valence-electron chi connectivity index (χ0n) is 11.6. The van der Waals surface area contributed by atoms with Gasteiger partial charge in [0.25, 0.3) is 0 Å². The molecule has 1 aromatic carbocycles. The van der Waals surface area contributed by atoms with Crippen molar-refractivity contribution in [2.24, 2.45) is 0 Å². The van der Waals surface area contributed by atoms with Gasteiger partial charge in [-0.2, -0.15) is 0 Å². The average molecular weight is 322 g/mol. The number of aromatic nitrogens is 2. The van der Waals surface area contributed by atoms with E-state index in [1.165, 1.54) is 11.3 Å². The molecule has 0 fully saturated rings. The van der Waals surface area contributed by atoms with Gasteiger partial charge in [-0.15, -0.1) is 0 Å². The van der Waals surface area contributed by atoms with E-state index in [1.807, 2.05) is 18.6 Å². The van der Waals surface area contributed by atoms with Gasteiger partial charge in [-0.1, -0.05) is 34.1 Å². The molecule has 102 valence electrons. The van der Waals surface area contributed by atoms with E-state index in [1.54, 1.807) is 0 Å². The fraction of sp³-hybridized carbons (Fsp3) is 0.400. The molecule has 0 aliphatic carbocycles. The van der Waals surface area contributed by atoms with Crippen molar-refractivity contribution in [3.63, 3.8) is 0 Å². The van der Waals surface area contributed by atoms with Gasteiger partial charge in [0.15, 0.2) is 0 Å². The molecule has 1 heterocycles. The van der Waals surface area contributed by atoms with Crippen molar-refractivity contribution < 1.29 is 0 Å². The van der Waals surface area contributed by atoms with Crippen LogP contribution in [0.5, 0.6) is 0 Å². The maximum atomic E-state index is 4.23. The third-order valence-corrected chi connectivity index (χ3v) is 3.99. The van der Waals surface area contributed by atoms with Crippen molar-refractivity contribution in [1.29, 1.82) is 0 Å². The Hall–Kier alpha value is -1.13. The highest BCUT2D eigenvalue weighted by Crippen LogP contribution is 2.23. The number of hydrogen-bond acceptors (Lipinski definition) is 2. The Morgan fingerprint density at radius 3 is 2.68 bits per heavy atom. The van der Waals surface area contributed by atoms with Gasteiger partial charge < -0.3 is 9.88 Å². The lowest BCUT2D eigenvalue weighted by atomic mass is 10.1. The summed E-state index contributed by atoms with van der Waals surface area (Å²) in [4.78, 5) is 4.23. The molecule has 0 bridgehead atoms. The summed E-state index contributed by atoms with van der Waals surface area (Å²) >= 11 is 3.60. The van der Waals surface area contributed by atoms with Gasteiger partial charge in [-0.05, 0) is 32.4 Å². The number of nitrogens with zero attached hydrogens (tertiary/aromatic N) is 2. The Labute approximate surface area is 123 Å². The summed E-state index contributed by atoms with van der Waals surface area (Å²) in [6, 6.07) is 9.06. The van der Waals surface area contributed by atoms with E-state index in [2.05, 4.69) is 69.8 Å². The molecule has 0 radical (unpaired) electrons. The molecule has 19 heavy (non-hydrogen) atoms. The maximum absolute atomic E-state index is 4.23. The zero-order valence-corrected chi connectivity index (χ0v) is 13.2. The van der Waals surface area contributed by atoms with Crippen LogP contribution < -0.4 is 5.32 Å². The van der Waals surface area contributed by atoms with E-state index < -0.39 is 0 Å². The van der Waals surface area contributed by atoms with Crippen LogP contribution in [0.2, 0.25) is 0 Å². The largest absolute Gasteiger partial charge is 0.331 e. The average Bonchev–Trinajstić information content (AvgIpc) is 2.85. The smallest absolute Gasteiger partial charge is 0.0951 e. The topological polar surface area (TPSA) is 29.9 Å². The van der Waals surface area contributed by atoms with Crippen molar-refractivity contribution in [2.75, 3.05) is 0 Å². The fourth-order valence-corrected chi connectivity index (χ4v) is 2.76. The van der Waals surface area contributed by atoms with Crippen molar-refractivity contribution in [2.45, 2.75) is 39.4 Å². The lowest BCUT2D eigenvalue weighted by Gasteiger charge is -2.17. The second-order valence-electron chi connectivity index (χ2n) is 5.01. The first-order valence-corrected chi connectivity index (χ1v) is 7.37. The first-order valence-electron chi connectivity index (χ1n) is 6.58. The summed E-state index contributed by atoms with van der Waals surface area (Å²) in [5.41, 5.74) is 2.49. The minimum atomic E-state index is 0.297. The van der Waals surface area contributed by atoms with Crippen LogP contribution in [0.1, 0.15) is 44.1 Å². The summed E-state index contributed by atoms with van der Waals surface area (Å²) in [6.45, 7) is 7.33. The quantitative estimate of drug-likeness (QED) is 0.899. The third kappa shape index (κ3) is 3.45. The van der Waals surface area contributed by atoms with Gasteiger partial charge in [0, 0.05) is 29.3 Å². The molecule has 1 N–H and O–H groups in total. The maximum Gasteiger partial charge on any atom is 0.0951 e. The lowest BCUT2D eigenvalue weighted by Crippen LogP contribution is -2.20. The highest BCUT2D eigenvalue weighted by atomic mass is 79.9. The molecule has 1 atom stereocenters. The second kappa shape index (κ2) is 6.35. The highest BCUT2D eigenvalue weighted by molar-refractivity contribution is 9.10. The predicted octanol–water partition coefficient (Wildman–Crippen LogP) is 4.08. The van der Waals surface area contributed by atoms with Gasteiger partial charge in [0.05, 0.1) is 12.0 Å². The van der Waals surface area contributed by atoms with Gasteiger partial charge >= 0.3 is 0 Å². The minimum Gasteiger partial charge on any atom is -0.331 e. The first-order chi connectivity index (χ1) is 9.09.